The Morgan fingerprint density at radius 1 is 1.00 bits per heavy atom. The van der Waals surface area contributed by atoms with Crippen LogP contribution in [0.1, 0.15) is 43.5 Å². The number of hydrogen-bond acceptors (Lipinski definition) is 5. The molecule has 0 aromatic heterocycles. The fourth-order valence-electron chi connectivity index (χ4n) is 3.40. The second-order valence-electron chi connectivity index (χ2n) is 8.04. The zero-order valence-electron chi connectivity index (χ0n) is 18.6. The first-order valence-corrected chi connectivity index (χ1v) is 13.3. The molecule has 1 aliphatic rings. The Bertz CT molecular complexity index is 1080. The summed E-state index contributed by atoms with van der Waals surface area (Å²) in [6.45, 7) is 5.07. The Morgan fingerprint density at radius 3 is 2.25 bits per heavy atom. The maximum atomic E-state index is 12.9. The molecule has 1 heterocycles. The van der Waals surface area contributed by atoms with Gasteiger partial charge in [0.25, 0.3) is 15.9 Å². The third kappa shape index (κ3) is 5.83. The summed E-state index contributed by atoms with van der Waals surface area (Å²) in [6, 6.07) is 11.1. The van der Waals surface area contributed by atoms with Crippen molar-refractivity contribution >= 4 is 45.0 Å². The van der Waals surface area contributed by atoms with E-state index in [1.165, 1.54) is 23.9 Å². The quantitative estimate of drug-likeness (QED) is 0.578. The van der Waals surface area contributed by atoms with Gasteiger partial charge in [0.15, 0.2) is 0 Å². The van der Waals surface area contributed by atoms with Gasteiger partial charge in [-0.2, -0.15) is 0 Å². The summed E-state index contributed by atoms with van der Waals surface area (Å²) >= 11 is 1.42. The van der Waals surface area contributed by atoms with Crippen molar-refractivity contribution in [3.63, 3.8) is 0 Å². The van der Waals surface area contributed by atoms with Gasteiger partial charge in [0.1, 0.15) is 0 Å². The van der Waals surface area contributed by atoms with Crippen molar-refractivity contribution in [2.45, 2.75) is 42.9 Å². The number of thioether (sulfide) groups is 1. The highest BCUT2D eigenvalue weighted by Crippen LogP contribution is 2.29. The molecule has 1 saturated heterocycles. The fourth-order valence-corrected chi connectivity index (χ4v) is 5.02. The molecule has 1 fully saturated rings. The molecule has 2 amide bonds. The number of benzene rings is 2. The zero-order chi connectivity index (χ0) is 23.3. The number of carbonyl (C=O) groups is 2. The summed E-state index contributed by atoms with van der Waals surface area (Å²) in [6.07, 6.45) is 5.03. The summed E-state index contributed by atoms with van der Waals surface area (Å²) in [4.78, 5) is 27.4. The zero-order valence-corrected chi connectivity index (χ0v) is 20.2. The lowest BCUT2D eigenvalue weighted by Gasteiger charge is -2.26. The normalized spacial score (nSPS) is 14.3. The fraction of sp³-hybridized carbons (Fsp3) is 0.391. The first kappa shape index (κ1) is 24.1. The molecule has 9 heteroatoms. The van der Waals surface area contributed by atoms with Crippen LogP contribution in [0.25, 0.3) is 0 Å². The van der Waals surface area contributed by atoms with E-state index in [-0.39, 0.29) is 22.6 Å². The van der Waals surface area contributed by atoms with Crippen LogP contribution in [-0.4, -0.2) is 44.5 Å². The lowest BCUT2D eigenvalue weighted by molar-refractivity contribution is -0.118. The first-order chi connectivity index (χ1) is 15.2. The van der Waals surface area contributed by atoms with E-state index in [0.717, 1.165) is 37.2 Å². The standard InChI is InChI=1S/C23H29N3O4S2/c1-16(2)22(27)24-20-15-19(11-12-21(20)31-3)32(29,30)25-18-9-7-17(8-10-18)23(28)26-13-5-4-6-14-26/h7-12,15-16,25H,4-6,13-14H2,1-3H3,(H,24,27). The van der Waals surface area contributed by atoms with Gasteiger partial charge in [-0.1, -0.05) is 13.8 Å². The van der Waals surface area contributed by atoms with Crippen LogP contribution in [0, 0.1) is 5.92 Å². The van der Waals surface area contributed by atoms with Crippen molar-refractivity contribution in [3.8, 4) is 0 Å². The van der Waals surface area contributed by atoms with Gasteiger partial charge < -0.3 is 10.2 Å². The summed E-state index contributed by atoms with van der Waals surface area (Å²) in [5.41, 5.74) is 1.36. The Kier molecular flexibility index (Phi) is 7.84. The third-order valence-electron chi connectivity index (χ3n) is 5.29. The molecular weight excluding hydrogens is 446 g/mol. The number of sulfonamides is 1. The minimum atomic E-state index is -3.88. The van der Waals surface area contributed by atoms with E-state index in [0.29, 0.717) is 16.9 Å². The second kappa shape index (κ2) is 10.4. The summed E-state index contributed by atoms with van der Waals surface area (Å²) in [7, 11) is -3.88. The first-order valence-electron chi connectivity index (χ1n) is 10.6. The number of piperidine rings is 1. The van der Waals surface area contributed by atoms with E-state index >= 15 is 0 Å². The van der Waals surface area contributed by atoms with Crippen LogP contribution in [0.3, 0.4) is 0 Å². The molecule has 0 bridgehead atoms. The summed E-state index contributed by atoms with van der Waals surface area (Å²) in [5.74, 6) is -0.441. The lowest BCUT2D eigenvalue weighted by atomic mass is 10.1. The Hall–Kier alpha value is -2.52. The molecule has 32 heavy (non-hydrogen) atoms. The minimum Gasteiger partial charge on any atom is -0.339 e. The van der Waals surface area contributed by atoms with Crippen molar-refractivity contribution in [1.29, 1.82) is 0 Å². The van der Waals surface area contributed by atoms with Crippen LogP contribution in [0.15, 0.2) is 52.3 Å². The number of rotatable bonds is 7. The largest absolute Gasteiger partial charge is 0.339 e. The van der Waals surface area contributed by atoms with Crippen molar-refractivity contribution in [2.24, 2.45) is 5.92 Å². The monoisotopic (exact) mass is 475 g/mol. The van der Waals surface area contributed by atoms with Gasteiger partial charge in [-0.3, -0.25) is 14.3 Å². The number of likely N-dealkylation sites (tertiary alicyclic amines) is 1. The molecule has 2 aromatic rings. The highest BCUT2D eigenvalue weighted by molar-refractivity contribution is 7.98. The van der Waals surface area contributed by atoms with Crippen molar-refractivity contribution in [2.75, 3.05) is 29.4 Å². The summed E-state index contributed by atoms with van der Waals surface area (Å²) in [5, 5.41) is 2.79. The van der Waals surface area contributed by atoms with Crippen LogP contribution in [-0.2, 0) is 14.8 Å². The number of anilines is 2. The van der Waals surface area contributed by atoms with Gasteiger partial charge in [-0.15, -0.1) is 11.8 Å². The van der Waals surface area contributed by atoms with E-state index < -0.39 is 10.0 Å². The molecule has 3 rings (SSSR count). The highest BCUT2D eigenvalue weighted by Gasteiger charge is 2.20. The van der Waals surface area contributed by atoms with Crippen molar-refractivity contribution < 1.29 is 18.0 Å². The number of carbonyl (C=O) groups excluding carboxylic acids is 2. The Labute approximate surface area is 194 Å². The molecule has 0 saturated carbocycles. The maximum Gasteiger partial charge on any atom is 0.261 e. The molecule has 7 nitrogen and oxygen atoms in total. The predicted molar refractivity (Wildman–Crippen MR) is 129 cm³/mol. The number of nitrogens with zero attached hydrogens (tertiary/aromatic N) is 1. The smallest absolute Gasteiger partial charge is 0.261 e. The second-order valence-corrected chi connectivity index (χ2v) is 10.6. The maximum absolute atomic E-state index is 12.9. The van der Waals surface area contributed by atoms with Crippen LogP contribution in [0.5, 0.6) is 0 Å². The molecule has 0 atom stereocenters. The minimum absolute atomic E-state index is 0.0303. The van der Waals surface area contributed by atoms with Crippen LogP contribution < -0.4 is 10.0 Å². The third-order valence-corrected chi connectivity index (χ3v) is 7.47. The lowest BCUT2D eigenvalue weighted by Crippen LogP contribution is -2.35. The van der Waals surface area contributed by atoms with Crippen molar-refractivity contribution in [1.82, 2.24) is 4.90 Å². The topological polar surface area (TPSA) is 95.6 Å². The van der Waals surface area contributed by atoms with E-state index in [4.69, 9.17) is 0 Å². The van der Waals surface area contributed by atoms with Gasteiger partial charge in [-0.05, 0) is 68.0 Å². The molecule has 172 valence electrons. The van der Waals surface area contributed by atoms with Crippen LogP contribution in [0.2, 0.25) is 0 Å². The molecular formula is C23H29N3O4S2. The Balaban J connectivity index is 1.77. The Morgan fingerprint density at radius 2 is 1.66 bits per heavy atom. The van der Waals surface area contributed by atoms with Gasteiger partial charge in [0.05, 0.1) is 10.6 Å². The van der Waals surface area contributed by atoms with Gasteiger partial charge >= 0.3 is 0 Å². The SMILES string of the molecule is CSc1ccc(S(=O)(=O)Nc2ccc(C(=O)N3CCCCC3)cc2)cc1NC(=O)C(C)C. The van der Waals surface area contributed by atoms with E-state index in [1.54, 1.807) is 44.2 Å². The number of amides is 2. The van der Waals surface area contributed by atoms with Crippen LogP contribution >= 0.6 is 11.8 Å². The average molecular weight is 476 g/mol. The predicted octanol–water partition coefficient (Wildman–Crippen LogP) is 4.43. The molecule has 0 radical (unpaired) electrons. The number of nitrogens with one attached hydrogen (secondary N) is 2. The van der Waals surface area contributed by atoms with E-state index in [9.17, 15) is 18.0 Å². The molecule has 1 aliphatic heterocycles. The van der Waals surface area contributed by atoms with E-state index in [2.05, 4.69) is 10.0 Å². The van der Waals surface area contributed by atoms with Crippen LogP contribution in [0.4, 0.5) is 11.4 Å². The molecule has 0 spiro atoms. The highest BCUT2D eigenvalue weighted by atomic mass is 32.2. The molecule has 2 aromatic carbocycles. The molecule has 0 unspecified atom stereocenters. The van der Waals surface area contributed by atoms with E-state index in [1.807, 2.05) is 11.2 Å². The van der Waals surface area contributed by atoms with Gasteiger partial charge in [0.2, 0.25) is 5.91 Å². The number of hydrogen-bond donors (Lipinski definition) is 2. The molecule has 0 aliphatic carbocycles. The summed E-state index contributed by atoms with van der Waals surface area (Å²) < 4.78 is 28.4. The van der Waals surface area contributed by atoms with Gasteiger partial charge in [0, 0.05) is 35.2 Å². The van der Waals surface area contributed by atoms with Crippen molar-refractivity contribution in [3.05, 3.63) is 48.0 Å². The van der Waals surface area contributed by atoms with Gasteiger partial charge in [-0.25, -0.2) is 8.42 Å². The average Bonchev–Trinajstić information content (AvgIpc) is 2.79. The molecule has 2 N–H and O–H groups in total.